The minimum Gasteiger partial charge on any atom is -0.198 e. The summed E-state index contributed by atoms with van der Waals surface area (Å²) in [6.07, 6.45) is 3.56. The molecule has 0 aliphatic heterocycles. The molecular weight excluding hydrogens is 178 g/mol. The molecule has 0 aromatic rings. The Kier molecular flexibility index (Phi) is 3.49. The lowest BCUT2D eigenvalue weighted by atomic mass is 10.4. The van der Waals surface area contributed by atoms with Gasteiger partial charge >= 0.3 is 0 Å². The second-order valence-corrected chi connectivity index (χ2v) is 4.78. The fraction of sp³-hybridized carbons (Fsp3) is 1.00. The predicted octanol–water partition coefficient (Wildman–Crippen LogP) is 0.800. The Labute approximate surface area is 73.4 Å². The van der Waals surface area contributed by atoms with E-state index in [1.54, 1.807) is 0 Å². The van der Waals surface area contributed by atoms with Crippen LogP contribution in [0.25, 0.3) is 0 Å². The highest BCUT2D eigenvalue weighted by molar-refractivity contribution is 7.86. The van der Waals surface area contributed by atoms with Crippen LogP contribution >= 0.6 is 0 Å². The van der Waals surface area contributed by atoms with E-state index in [9.17, 15) is 8.42 Å². The highest BCUT2D eigenvalue weighted by Gasteiger charge is 2.23. The summed E-state index contributed by atoms with van der Waals surface area (Å²) in [5.74, 6) is 0.114. The van der Waals surface area contributed by atoms with E-state index in [2.05, 4.69) is 9.76 Å². The van der Waals surface area contributed by atoms with Crippen LogP contribution in [-0.2, 0) is 14.4 Å². The van der Waals surface area contributed by atoms with Crippen LogP contribution in [0.1, 0.15) is 32.6 Å². The van der Waals surface area contributed by atoms with Crippen molar-refractivity contribution < 1.29 is 12.7 Å². The van der Waals surface area contributed by atoms with Gasteiger partial charge in [-0.05, 0) is 19.3 Å². The summed E-state index contributed by atoms with van der Waals surface area (Å²) in [6.45, 7) is 1.95. The molecule has 1 fully saturated rings. The summed E-state index contributed by atoms with van der Waals surface area (Å²) < 4.78 is 26.7. The van der Waals surface area contributed by atoms with Crippen LogP contribution in [0.5, 0.6) is 0 Å². The van der Waals surface area contributed by atoms with E-state index in [1.165, 1.54) is 0 Å². The summed E-state index contributed by atoms with van der Waals surface area (Å²) >= 11 is 0. The van der Waals surface area contributed by atoms with Gasteiger partial charge < -0.3 is 0 Å². The molecule has 1 aliphatic carbocycles. The number of hydrogen-bond donors (Lipinski definition) is 1. The van der Waals surface area contributed by atoms with Gasteiger partial charge in [0.25, 0.3) is 10.1 Å². The zero-order valence-corrected chi connectivity index (χ0v) is 8.06. The number of hydroxylamine groups is 1. The van der Waals surface area contributed by atoms with E-state index in [-0.39, 0.29) is 11.8 Å². The molecule has 0 heterocycles. The molecular formula is C7H15NO3S. The van der Waals surface area contributed by atoms with Crippen LogP contribution in [0.3, 0.4) is 0 Å². The number of nitrogens with one attached hydrogen (secondary N) is 1. The summed E-state index contributed by atoms with van der Waals surface area (Å²) in [7, 11) is -3.31. The van der Waals surface area contributed by atoms with Crippen molar-refractivity contribution in [3.63, 3.8) is 0 Å². The molecule has 0 unspecified atom stereocenters. The number of rotatable bonds is 6. The zero-order valence-electron chi connectivity index (χ0n) is 7.25. The van der Waals surface area contributed by atoms with Crippen molar-refractivity contribution in [3.8, 4) is 0 Å². The van der Waals surface area contributed by atoms with Gasteiger partial charge in [-0.2, -0.15) is 18.2 Å². The lowest BCUT2D eigenvalue weighted by Crippen LogP contribution is -2.23. The van der Waals surface area contributed by atoms with Gasteiger partial charge in [-0.25, -0.2) is 0 Å². The monoisotopic (exact) mass is 193 g/mol. The lowest BCUT2D eigenvalue weighted by Gasteiger charge is -2.03. The van der Waals surface area contributed by atoms with Crippen molar-refractivity contribution in [1.82, 2.24) is 5.48 Å². The van der Waals surface area contributed by atoms with Gasteiger partial charge in [0.1, 0.15) is 0 Å². The molecule has 1 N–H and O–H groups in total. The van der Waals surface area contributed by atoms with Gasteiger partial charge in [-0.1, -0.05) is 13.3 Å². The first-order chi connectivity index (χ1) is 5.64. The Balaban J connectivity index is 2.17. The van der Waals surface area contributed by atoms with Gasteiger partial charge in [0, 0.05) is 6.04 Å². The molecule has 72 valence electrons. The summed E-state index contributed by atoms with van der Waals surface area (Å²) in [4.78, 5) is 0. The minimum atomic E-state index is -3.31. The minimum absolute atomic E-state index is 0.114. The molecule has 0 atom stereocenters. The van der Waals surface area contributed by atoms with Crippen molar-refractivity contribution in [3.05, 3.63) is 0 Å². The second-order valence-electron chi connectivity index (χ2n) is 3.09. The molecule has 0 radical (unpaired) electrons. The topological polar surface area (TPSA) is 55.4 Å². The molecule has 0 spiro atoms. The van der Waals surface area contributed by atoms with E-state index < -0.39 is 10.1 Å². The summed E-state index contributed by atoms with van der Waals surface area (Å²) in [6, 6.07) is 0.265. The Morgan fingerprint density at radius 3 is 2.67 bits per heavy atom. The molecule has 0 aromatic carbocycles. The molecule has 0 aromatic heterocycles. The number of hydrogen-bond acceptors (Lipinski definition) is 4. The Hall–Kier alpha value is -0.130. The maximum absolute atomic E-state index is 11.0. The Bertz CT molecular complexity index is 221. The van der Waals surface area contributed by atoms with Crippen molar-refractivity contribution in [2.24, 2.45) is 0 Å². The van der Waals surface area contributed by atoms with Gasteiger partial charge in [-0.3, -0.25) is 0 Å². The van der Waals surface area contributed by atoms with Crippen LogP contribution < -0.4 is 5.48 Å². The first kappa shape index (κ1) is 9.95. The van der Waals surface area contributed by atoms with Crippen molar-refractivity contribution in [2.75, 3.05) is 5.75 Å². The molecule has 4 nitrogen and oxygen atoms in total. The van der Waals surface area contributed by atoms with Crippen molar-refractivity contribution in [1.29, 1.82) is 0 Å². The lowest BCUT2D eigenvalue weighted by molar-refractivity contribution is 0.198. The average Bonchev–Trinajstić information content (AvgIpc) is 2.81. The molecule has 1 saturated carbocycles. The van der Waals surface area contributed by atoms with E-state index in [0.717, 1.165) is 19.3 Å². The Morgan fingerprint density at radius 1 is 1.50 bits per heavy atom. The summed E-state index contributed by atoms with van der Waals surface area (Å²) in [5.41, 5.74) is 2.52. The fourth-order valence-corrected chi connectivity index (χ4v) is 1.71. The molecule has 5 heteroatoms. The summed E-state index contributed by atoms with van der Waals surface area (Å²) in [5, 5.41) is 0. The van der Waals surface area contributed by atoms with Crippen LogP contribution in [0.15, 0.2) is 0 Å². The van der Waals surface area contributed by atoms with Crippen molar-refractivity contribution in [2.45, 2.75) is 38.6 Å². The SMILES string of the molecule is CCCCS(=O)(=O)ONC1CC1. The van der Waals surface area contributed by atoms with Crippen LogP contribution in [0.2, 0.25) is 0 Å². The van der Waals surface area contributed by atoms with Crippen LogP contribution in [0, 0.1) is 0 Å². The highest BCUT2D eigenvalue weighted by atomic mass is 32.2. The third-order valence-corrected chi connectivity index (χ3v) is 2.81. The average molecular weight is 193 g/mol. The smallest absolute Gasteiger partial charge is 0.198 e. The highest BCUT2D eigenvalue weighted by Crippen LogP contribution is 2.18. The molecule has 1 aliphatic rings. The van der Waals surface area contributed by atoms with E-state index in [4.69, 9.17) is 0 Å². The standard InChI is InChI=1S/C7H15NO3S/c1-2-3-6-12(9,10)11-8-7-4-5-7/h7-8H,2-6H2,1H3. The second kappa shape index (κ2) is 4.20. The van der Waals surface area contributed by atoms with Gasteiger partial charge in [0.05, 0.1) is 5.75 Å². The third kappa shape index (κ3) is 4.04. The fourth-order valence-electron chi connectivity index (χ4n) is 0.705. The normalized spacial score (nSPS) is 18.1. The quantitative estimate of drug-likeness (QED) is 0.634. The maximum Gasteiger partial charge on any atom is 0.283 e. The predicted molar refractivity (Wildman–Crippen MR) is 45.9 cm³/mol. The zero-order chi connectivity index (χ0) is 9.03. The van der Waals surface area contributed by atoms with E-state index >= 15 is 0 Å². The molecule has 0 saturated heterocycles. The largest absolute Gasteiger partial charge is 0.283 e. The van der Waals surface area contributed by atoms with Gasteiger partial charge in [-0.15, -0.1) is 0 Å². The molecule has 12 heavy (non-hydrogen) atoms. The van der Waals surface area contributed by atoms with Crippen LogP contribution in [0.4, 0.5) is 0 Å². The van der Waals surface area contributed by atoms with Crippen LogP contribution in [-0.4, -0.2) is 20.2 Å². The van der Waals surface area contributed by atoms with Gasteiger partial charge in [0.2, 0.25) is 0 Å². The molecule has 0 bridgehead atoms. The third-order valence-electron chi connectivity index (χ3n) is 1.67. The van der Waals surface area contributed by atoms with Gasteiger partial charge in [0.15, 0.2) is 0 Å². The molecule has 1 rings (SSSR count). The Morgan fingerprint density at radius 2 is 2.17 bits per heavy atom. The van der Waals surface area contributed by atoms with E-state index in [1.807, 2.05) is 6.92 Å². The number of unbranched alkanes of at least 4 members (excludes halogenated alkanes) is 1. The maximum atomic E-state index is 11.0. The van der Waals surface area contributed by atoms with Crippen molar-refractivity contribution >= 4 is 10.1 Å². The van der Waals surface area contributed by atoms with E-state index in [0.29, 0.717) is 6.42 Å². The first-order valence-electron chi connectivity index (χ1n) is 4.31. The first-order valence-corrected chi connectivity index (χ1v) is 5.88. The molecule has 0 amide bonds.